The van der Waals surface area contributed by atoms with Gasteiger partial charge in [-0.25, -0.2) is 13.9 Å². The molecule has 4 aromatic rings. The van der Waals surface area contributed by atoms with Gasteiger partial charge in [-0.2, -0.15) is 18.3 Å². The molecule has 3 aromatic heterocycles. The van der Waals surface area contributed by atoms with Gasteiger partial charge < -0.3 is 5.32 Å². The number of aromatic nitrogens is 3. The fraction of sp³-hybridized carbons (Fsp3) is 0.227. The Morgan fingerprint density at radius 2 is 1.88 bits per heavy atom. The highest BCUT2D eigenvalue weighted by Crippen LogP contribution is 2.40. The van der Waals surface area contributed by atoms with Gasteiger partial charge in [-0.15, -0.1) is 11.3 Å². The molecule has 10 heteroatoms. The minimum Gasteiger partial charge on any atom is -0.339 e. The number of rotatable bonds is 5. The number of nitrogens with zero attached hydrogens (tertiary/aromatic N) is 3. The number of hydrogen-bond acceptors (Lipinski definition) is 4. The SMILES string of the molecule is O=C(N[C@H](C1CC1)C(F)(F)F)c1cc(-c2cnn3cc(-c4ccc(F)cc4)cnc23)cs1. The molecule has 1 aliphatic rings. The van der Waals surface area contributed by atoms with E-state index in [1.54, 1.807) is 46.7 Å². The van der Waals surface area contributed by atoms with Crippen molar-refractivity contribution in [2.75, 3.05) is 0 Å². The van der Waals surface area contributed by atoms with Crippen LogP contribution in [0.1, 0.15) is 22.5 Å². The van der Waals surface area contributed by atoms with E-state index in [-0.39, 0.29) is 10.7 Å². The van der Waals surface area contributed by atoms with E-state index in [1.165, 1.54) is 12.1 Å². The average Bonchev–Trinajstić information content (AvgIpc) is 3.30. The number of fused-ring (bicyclic) bond motifs is 1. The second kappa shape index (κ2) is 7.70. The molecule has 1 amide bonds. The molecule has 5 rings (SSSR count). The number of halogens is 4. The van der Waals surface area contributed by atoms with Crippen LogP contribution in [0, 0.1) is 11.7 Å². The number of benzene rings is 1. The molecule has 1 aliphatic carbocycles. The van der Waals surface area contributed by atoms with Crippen LogP contribution in [0.2, 0.25) is 0 Å². The molecule has 1 aromatic carbocycles. The van der Waals surface area contributed by atoms with Crippen LogP contribution in [0.4, 0.5) is 17.6 Å². The summed E-state index contributed by atoms with van der Waals surface area (Å²) in [4.78, 5) is 17.1. The van der Waals surface area contributed by atoms with Gasteiger partial charge in [-0.1, -0.05) is 12.1 Å². The Balaban J connectivity index is 1.39. The Kier molecular flexibility index (Phi) is 4.96. The van der Waals surface area contributed by atoms with Crippen LogP contribution in [-0.4, -0.2) is 32.7 Å². The molecule has 164 valence electrons. The van der Waals surface area contributed by atoms with Gasteiger partial charge in [-0.3, -0.25) is 4.79 Å². The first-order valence-corrected chi connectivity index (χ1v) is 10.7. The van der Waals surface area contributed by atoms with Gasteiger partial charge in [0.15, 0.2) is 5.65 Å². The molecule has 0 saturated heterocycles. The fourth-order valence-corrected chi connectivity index (χ4v) is 4.39. The van der Waals surface area contributed by atoms with Crippen molar-refractivity contribution in [3.8, 4) is 22.3 Å². The summed E-state index contributed by atoms with van der Waals surface area (Å²) in [5, 5.41) is 8.14. The number of alkyl halides is 3. The summed E-state index contributed by atoms with van der Waals surface area (Å²) in [5.74, 6) is -1.61. The molecule has 0 radical (unpaired) electrons. The van der Waals surface area contributed by atoms with Gasteiger partial charge in [0.2, 0.25) is 0 Å². The zero-order valence-corrected chi connectivity index (χ0v) is 17.3. The number of carbonyl (C=O) groups is 1. The van der Waals surface area contributed by atoms with Crippen molar-refractivity contribution in [1.82, 2.24) is 19.9 Å². The van der Waals surface area contributed by atoms with Crippen molar-refractivity contribution in [1.29, 1.82) is 0 Å². The van der Waals surface area contributed by atoms with E-state index in [9.17, 15) is 22.4 Å². The monoisotopic (exact) mass is 460 g/mol. The number of amides is 1. The summed E-state index contributed by atoms with van der Waals surface area (Å²) in [6.45, 7) is 0. The first-order valence-electron chi connectivity index (χ1n) is 9.85. The molecular weight excluding hydrogens is 444 g/mol. The lowest BCUT2D eigenvalue weighted by Crippen LogP contribution is -2.46. The molecule has 1 saturated carbocycles. The van der Waals surface area contributed by atoms with Gasteiger partial charge in [0, 0.05) is 23.5 Å². The van der Waals surface area contributed by atoms with Gasteiger partial charge >= 0.3 is 6.18 Å². The summed E-state index contributed by atoms with van der Waals surface area (Å²) in [6.07, 6.45) is 1.44. The Morgan fingerprint density at radius 3 is 2.56 bits per heavy atom. The molecule has 0 bridgehead atoms. The zero-order valence-electron chi connectivity index (χ0n) is 16.4. The molecule has 32 heavy (non-hydrogen) atoms. The minimum atomic E-state index is -4.47. The molecular formula is C22H16F4N4OS. The molecule has 0 aliphatic heterocycles. The quantitative estimate of drug-likeness (QED) is 0.410. The topological polar surface area (TPSA) is 59.3 Å². The summed E-state index contributed by atoms with van der Waals surface area (Å²) in [5.41, 5.74) is 3.36. The summed E-state index contributed by atoms with van der Waals surface area (Å²) >= 11 is 1.07. The normalized spacial score (nSPS) is 15.1. The Hall–Kier alpha value is -3.27. The lowest BCUT2D eigenvalue weighted by Gasteiger charge is -2.20. The van der Waals surface area contributed by atoms with E-state index in [2.05, 4.69) is 15.4 Å². The van der Waals surface area contributed by atoms with Crippen molar-refractivity contribution < 1.29 is 22.4 Å². The van der Waals surface area contributed by atoms with Crippen molar-refractivity contribution in [2.24, 2.45) is 5.92 Å². The first kappa shape index (κ1) is 20.6. The van der Waals surface area contributed by atoms with Crippen LogP contribution in [-0.2, 0) is 0 Å². The number of thiophene rings is 1. The first-order chi connectivity index (χ1) is 15.3. The van der Waals surface area contributed by atoms with Gasteiger partial charge in [0.1, 0.15) is 11.9 Å². The third-order valence-corrected chi connectivity index (χ3v) is 6.33. The van der Waals surface area contributed by atoms with Crippen LogP contribution in [0.3, 0.4) is 0 Å². The molecule has 5 nitrogen and oxygen atoms in total. The van der Waals surface area contributed by atoms with Crippen molar-refractivity contribution in [3.05, 3.63) is 65.0 Å². The van der Waals surface area contributed by atoms with Crippen LogP contribution in [0.25, 0.3) is 27.9 Å². The Morgan fingerprint density at radius 1 is 1.12 bits per heavy atom. The largest absolute Gasteiger partial charge is 0.408 e. The predicted molar refractivity (Wildman–Crippen MR) is 112 cm³/mol. The van der Waals surface area contributed by atoms with Crippen molar-refractivity contribution in [3.63, 3.8) is 0 Å². The molecule has 1 atom stereocenters. The minimum absolute atomic E-state index is 0.192. The lowest BCUT2D eigenvalue weighted by atomic mass is 10.1. The second-order valence-corrected chi connectivity index (χ2v) is 8.62. The lowest BCUT2D eigenvalue weighted by molar-refractivity contribution is -0.158. The summed E-state index contributed by atoms with van der Waals surface area (Å²) < 4.78 is 54.4. The van der Waals surface area contributed by atoms with Crippen molar-refractivity contribution in [2.45, 2.75) is 25.1 Å². The smallest absolute Gasteiger partial charge is 0.339 e. The third kappa shape index (κ3) is 3.97. The summed E-state index contributed by atoms with van der Waals surface area (Å²) in [6, 6.07) is 5.73. The molecule has 1 N–H and O–H groups in total. The number of carbonyl (C=O) groups excluding carboxylic acids is 1. The van der Waals surface area contributed by atoms with Crippen molar-refractivity contribution >= 4 is 22.9 Å². The van der Waals surface area contributed by atoms with Gasteiger partial charge in [0.05, 0.1) is 11.1 Å². The van der Waals surface area contributed by atoms with Crippen LogP contribution >= 0.6 is 11.3 Å². The standard InChI is InChI=1S/C22H16F4N4OS/c23-16-5-3-12(4-6-16)15-8-27-20-17(9-28-30(20)10-15)14-7-18(32-11-14)21(31)29-19(13-1-2-13)22(24,25)26/h3-11,13,19H,1-2H2,(H,29,31)/t19-/m1/s1. The average molecular weight is 460 g/mol. The highest BCUT2D eigenvalue weighted by Gasteiger charge is 2.49. The van der Waals surface area contributed by atoms with E-state index in [0.717, 1.165) is 22.5 Å². The second-order valence-electron chi connectivity index (χ2n) is 7.71. The fourth-order valence-electron chi connectivity index (χ4n) is 3.58. The van der Waals surface area contributed by atoms with E-state index in [4.69, 9.17) is 0 Å². The van der Waals surface area contributed by atoms with E-state index in [1.807, 2.05) is 0 Å². The highest BCUT2D eigenvalue weighted by molar-refractivity contribution is 7.12. The maximum Gasteiger partial charge on any atom is 0.408 e. The highest BCUT2D eigenvalue weighted by atomic mass is 32.1. The maximum absolute atomic E-state index is 13.2. The van der Waals surface area contributed by atoms with E-state index in [0.29, 0.717) is 29.6 Å². The molecule has 3 heterocycles. The Labute approximate surface area is 183 Å². The third-order valence-electron chi connectivity index (χ3n) is 5.40. The molecule has 0 spiro atoms. The van der Waals surface area contributed by atoms with Gasteiger partial charge in [0.25, 0.3) is 5.91 Å². The summed E-state index contributed by atoms with van der Waals surface area (Å²) in [7, 11) is 0. The molecule has 0 unspecified atom stereocenters. The van der Waals surface area contributed by atoms with Crippen LogP contribution < -0.4 is 5.32 Å². The predicted octanol–water partition coefficient (Wildman–Crippen LogP) is 5.33. The van der Waals surface area contributed by atoms with E-state index < -0.39 is 24.0 Å². The van der Waals surface area contributed by atoms with Crippen LogP contribution in [0.15, 0.2) is 54.3 Å². The Bertz CT molecular complexity index is 1290. The van der Waals surface area contributed by atoms with Gasteiger partial charge in [-0.05, 0) is 53.5 Å². The zero-order chi connectivity index (χ0) is 22.5. The number of nitrogens with one attached hydrogen (secondary N) is 1. The van der Waals surface area contributed by atoms with E-state index >= 15 is 0 Å². The molecule has 1 fully saturated rings. The number of hydrogen-bond donors (Lipinski definition) is 1. The van der Waals surface area contributed by atoms with Crippen LogP contribution in [0.5, 0.6) is 0 Å². The maximum atomic E-state index is 13.2.